The van der Waals surface area contributed by atoms with Crippen LogP contribution < -0.4 is 15.4 Å². The highest BCUT2D eigenvalue weighted by atomic mass is 32.2. The van der Waals surface area contributed by atoms with Gasteiger partial charge in [0.25, 0.3) is 0 Å². The molecule has 7 nitrogen and oxygen atoms in total. The number of benzene rings is 1. The van der Waals surface area contributed by atoms with Gasteiger partial charge in [-0.05, 0) is 42.4 Å². The molecule has 8 heteroatoms. The van der Waals surface area contributed by atoms with Crippen LogP contribution in [0.15, 0.2) is 53.7 Å². The molecule has 0 bridgehead atoms. The molecule has 3 N–H and O–H groups in total. The number of carbonyl (C=O) groups excluding carboxylic acids is 1. The van der Waals surface area contributed by atoms with E-state index in [-0.39, 0.29) is 17.5 Å². The van der Waals surface area contributed by atoms with E-state index < -0.39 is 10.0 Å². The Morgan fingerprint density at radius 1 is 1.04 bits per heavy atom. The van der Waals surface area contributed by atoms with Gasteiger partial charge in [0.05, 0.1) is 4.90 Å². The summed E-state index contributed by atoms with van der Waals surface area (Å²) in [5.41, 5.74) is 1.64. The molecule has 0 fully saturated rings. The van der Waals surface area contributed by atoms with Crippen LogP contribution >= 0.6 is 0 Å². The van der Waals surface area contributed by atoms with E-state index in [1.54, 1.807) is 24.5 Å². The van der Waals surface area contributed by atoms with Crippen molar-refractivity contribution in [1.29, 1.82) is 0 Å². The lowest BCUT2D eigenvalue weighted by molar-refractivity contribution is 0.240. The lowest BCUT2D eigenvalue weighted by Gasteiger charge is -2.09. The van der Waals surface area contributed by atoms with Crippen molar-refractivity contribution in [3.8, 4) is 0 Å². The van der Waals surface area contributed by atoms with Crippen LogP contribution in [0.4, 0.5) is 4.79 Å². The first-order chi connectivity index (χ1) is 11.0. The van der Waals surface area contributed by atoms with Gasteiger partial charge in [0.2, 0.25) is 10.0 Å². The van der Waals surface area contributed by atoms with Gasteiger partial charge in [-0.15, -0.1) is 0 Å². The standard InChI is InChI=1S/C15H18N4O3S/c1-16-23(21,22)14-4-2-3-13(9-14)11-19-15(20)18-10-12-5-7-17-8-6-12/h2-9,16H,10-11H2,1H3,(H2,18,19,20). The molecule has 0 aliphatic carbocycles. The van der Waals surface area contributed by atoms with Crippen LogP contribution in [0.25, 0.3) is 0 Å². The van der Waals surface area contributed by atoms with Crippen LogP contribution in [-0.4, -0.2) is 26.5 Å². The zero-order chi connectivity index (χ0) is 16.7. The number of carbonyl (C=O) groups is 1. The molecular formula is C15H18N4O3S. The molecule has 0 atom stereocenters. The number of nitrogens with zero attached hydrogens (tertiary/aromatic N) is 1. The Bertz CT molecular complexity index is 763. The van der Waals surface area contributed by atoms with Crippen LogP contribution in [0.1, 0.15) is 11.1 Å². The Morgan fingerprint density at radius 3 is 2.35 bits per heavy atom. The topological polar surface area (TPSA) is 100 Å². The molecule has 0 saturated heterocycles. The third-order valence-corrected chi connectivity index (χ3v) is 4.54. The van der Waals surface area contributed by atoms with E-state index in [9.17, 15) is 13.2 Å². The van der Waals surface area contributed by atoms with Crippen molar-refractivity contribution in [1.82, 2.24) is 20.3 Å². The third-order valence-electron chi connectivity index (χ3n) is 3.13. The van der Waals surface area contributed by atoms with Crippen molar-refractivity contribution in [3.63, 3.8) is 0 Å². The molecule has 2 amide bonds. The molecule has 2 rings (SSSR count). The fourth-order valence-corrected chi connectivity index (χ4v) is 2.67. The number of pyridine rings is 1. The SMILES string of the molecule is CNS(=O)(=O)c1cccc(CNC(=O)NCc2ccncc2)c1. The summed E-state index contributed by atoms with van der Waals surface area (Å²) in [4.78, 5) is 15.8. The molecule has 1 aromatic carbocycles. The van der Waals surface area contributed by atoms with Gasteiger partial charge in [-0.2, -0.15) is 0 Å². The van der Waals surface area contributed by atoms with Gasteiger partial charge in [0.15, 0.2) is 0 Å². The van der Waals surface area contributed by atoms with Crippen molar-refractivity contribution < 1.29 is 13.2 Å². The first-order valence-electron chi connectivity index (χ1n) is 6.94. The minimum Gasteiger partial charge on any atom is -0.334 e. The second-order valence-electron chi connectivity index (χ2n) is 4.75. The quantitative estimate of drug-likeness (QED) is 0.733. The fraction of sp³-hybridized carbons (Fsp3) is 0.200. The lowest BCUT2D eigenvalue weighted by Crippen LogP contribution is -2.34. The molecule has 1 heterocycles. The van der Waals surface area contributed by atoms with Crippen LogP contribution in [0.5, 0.6) is 0 Å². The summed E-state index contributed by atoms with van der Waals surface area (Å²) < 4.78 is 25.7. The van der Waals surface area contributed by atoms with Crippen molar-refractivity contribution in [2.45, 2.75) is 18.0 Å². The summed E-state index contributed by atoms with van der Waals surface area (Å²) >= 11 is 0. The van der Waals surface area contributed by atoms with Crippen molar-refractivity contribution >= 4 is 16.1 Å². The Labute approximate surface area is 135 Å². The number of nitrogens with one attached hydrogen (secondary N) is 3. The first-order valence-corrected chi connectivity index (χ1v) is 8.42. The van der Waals surface area contributed by atoms with E-state index in [1.165, 1.54) is 19.2 Å². The highest BCUT2D eigenvalue weighted by molar-refractivity contribution is 7.89. The summed E-state index contributed by atoms with van der Waals surface area (Å²) in [5, 5.41) is 5.40. The summed E-state index contributed by atoms with van der Waals surface area (Å²) in [6, 6.07) is 9.70. The first kappa shape index (κ1) is 16.9. The zero-order valence-corrected chi connectivity index (χ0v) is 13.4. The molecule has 0 radical (unpaired) electrons. The molecule has 2 aromatic rings. The number of aromatic nitrogens is 1. The Balaban J connectivity index is 1.88. The van der Waals surface area contributed by atoms with Gasteiger partial charge < -0.3 is 10.6 Å². The van der Waals surface area contributed by atoms with Crippen molar-refractivity contribution in [3.05, 3.63) is 59.9 Å². The zero-order valence-electron chi connectivity index (χ0n) is 12.6. The van der Waals surface area contributed by atoms with E-state index in [4.69, 9.17) is 0 Å². The second kappa shape index (κ2) is 7.70. The number of hydrogen-bond donors (Lipinski definition) is 3. The van der Waals surface area contributed by atoms with E-state index in [0.717, 1.165) is 5.56 Å². The number of urea groups is 1. The maximum atomic E-state index is 11.8. The van der Waals surface area contributed by atoms with Crippen molar-refractivity contribution in [2.24, 2.45) is 0 Å². The number of sulfonamides is 1. The van der Waals surface area contributed by atoms with Gasteiger partial charge in [0.1, 0.15) is 0 Å². The predicted octanol–water partition coefficient (Wildman–Crippen LogP) is 0.989. The number of amides is 2. The van der Waals surface area contributed by atoms with Gasteiger partial charge in [-0.25, -0.2) is 17.9 Å². The Kier molecular flexibility index (Phi) is 5.67. The monoisotopic (exact) mass is 334 g/mol. The average Bonchev–Trinajstić information content (AvgIpc) is 2.59. The molecule has 122 valence electrons. The van der Waals surface area contributed by atoms with Gasteiger partial charge in [-0.1, -0.05) is 12.1 Å². The van der Waals surface area contributed by atoms with Gasteiger partial charge >= 0.3 is 6.03 Å². The summed E-state index contributed by atoms with van der Waals surface area (Å²) in [6.07, 6.45) is 3.31. The molecule has 1 aromatic heterocycles. The van der Waals surface area contributed by atoms with Gasteiger partial charge in [0, 0.05) is 25.5 Å². The minimum atomic E-state index is -3.49. The smallest absolute Gasteiger partial charge is 0.315 e. The molecule has 23 heavy (non-hydrogen) atoms. The Hall–Kier alpha value is -2.45. The lowest BCUT2D eigenvalue weighted by atomic mass is 10.2. The average molecular weight is 334 g/mol. The molecule has 0 aliphatic rings. The second-order valence-corrected chi connectivity index (χ2v) is 6.63. The third kappa shape index (κ3) is 5.04. The predicted molar refractivity (Wildman–Crippen MR) is 86.0 cm³/mol. The molecule has 0 saturated carbocycles. The van der Waals surface area contributed by atoms with Gasteiger partial charge in [-0.3, -0.25) is 4.98 Å². The van der Waals surface area contributed by atoms with Crippen LogP contribution in [0, 0.1) is 0 Å². The molecule has 0 spiro atoms. The molecular weight excluding hydrogens is 316 g/mol. The maximum Gasteiger partial charge on any atom is 0.315 e. The van der Waals surface area contributed by atoms with Crippen molar-refractivity contribution in [2.75, 3.05) is 7.05 Å². The summed E-state index contributed by atoms with van der Waals surface area (Å²) in [6.45, 7) is 0.623. The highest BCUT2D eigenvalue weighted by Crippen LogP contribution is 2.10. The van der Waals surface area contributed by atoms with Crippen LogP contribution in [-0.2, 0) is 23.1 Å². The molecule has 0 unspecified atom stereocenters. The maximum absolute atomic E-state index is 11.8. The summed E-state index contributed by atoms with van der Waals surface area (Å²) in [7, 11) is -2.14. The van der Waals surface area contributed by atoms with Crippen LogP contribution in [0.2, 0.25) is 0 Å². The van der Waals surface area contributed by atoms with E-state index in [2.05, 4.69) is 20.3 Å². The van der Waals surface area contributed by atoms with Crippen LogP contribution in [0.3, 0.4) is 0 Å². The normalized spacial score (nSPS) is 11.0. The Morgan fingerprint density at radius 2 is 1.70 bits per heavy atom. The fourth-order valence-electron chi connectivity index (χ4n) is 1.87. The number of hydrogen-bond acceptors (Lipinski definition) is 4. The largest absolute Gasteiger partial charge is 0.334 e. The minimum absolute atomic E-state index is 0.163. The molecule has 0 aliphatic heterocycles. The van der Waals surface area contributed by atoms with E-state index >= 15 is 0 Å². The van der Waals surface area contributed by atoms with E-state index in [0.29, 0.717) is 12.1 Å². The van der Waals surface area contributed by atoms with E-state index in [1.807, 2.05) is 12.1 Å². The summed E-state index contributed by atoms with van der Waals surface area (Å²) in [5.74, 6) is 0. The highest BCUT2D eigenvalue weighted by Gasteiger charge is 2.11. The number of rotatable bonds is 6.